The first kappa shape index (κ1) is 12.4. The molecule has 4 rings (SSSR count). The standard InChI is InChI=1S/C19H23N/c1-12(13-6-7-13)19(20-2)17-11-10-15-9-8-14-4-3-5-16(17)18(14)15/h3-5,10-13,19-20H,6-9H2,1-2H3. The Kier molecular flexibility index (Phi) is 2.85. The second-order valence-electron chi connectivity index (χ2n) is 6.62. The van der Waals surface area contributed by atoms with Gasteiger partial charge in [0.15, 0.2) is 0 Å². The van der Waals surface area contributed by atoms with Gasteiger partial charge in [-0.05, 0) is 72.0 Å². The first-order valence-electron chi connectivity index (χ1n) is 8.00. The van der Waals surface area contributed by atoms with Crippen LogP contribution >= 0.6 is 0 Å². The lowest BCUT2D eigenvalue weighted by Gasteiger charge is -2.25. The van der Waals surface area contributed by atoms with Gasteiger partial charge in [0.2, 0.25) is 0 Å². The summed E-state index contributed by atoms with van der Waals surface area (Å²) in [6, 6.07) is 12.1. The minimum absolute atomic E-state index is 0.493. The molecule has 0 amide bonds. The number of nitrogens with one attached hydrogen (secondary N) is 1. The van der Waals surface area contributed by atoms with E-state index in [0.717, 1.165) is 11.8 Å². The van der Waals surface area contributed by atoms with Crippen molar-refractivity contribution in [3.8, 4) is 0 Å². The number of aryl methyl sites for hydroxylation is 2. The van der Waals surface area contributed by atoms with Crippen molar-refractivity contribution in [1.82, 2.24) is 5.32 Å². The van der Waals surface area contributed by atoms with Gasteiger partial charge in [-0.2, -0.15) is 0 Å². The topological polar surface area (TPSA) is 12.0 Å². The molecular weight excluding hydrogens is 242 g/mol. The van der Waals surface area contributed by atoms with Gasteiger partial charge in [0.25, 0.3) is 0 Å². The molecule has 1 N–H and O–H groups in total. The Bertz CT molecular complexity index is 644. The number of rotatable bonds is 4. The summed E-state index contributed by atoms with van der Waals surface area (Å²) in [5.74, 6) is 1.66. The Morgan fingerprint density at radius 1 is 1.05 bits per heavy atom. The van der Waals surface area contributed by atoms with E-state index in [1.54, 1.807) is 16.5 Å². The summed E-state index contributed by atoms with van der Waals surface area (Å²) in [4.78, 5) is 0. The zero-order valence-electron chi connectivity index (χ0n) is 12.4. The molecule has 2 atom stereocenters. The van der Waals surface area contributed by atoms with Crippen molar-refractivity contribution in [3.05, 3.63) is 47.0 Å². The third-order valence-electron chi connectivity index (χ3n) is 5.45. The summed E-state index contributed by atoms with van der Waals surface area (Å²) in [6.07, 6.45) is 5.28. The molecule has 1 heteroatoms. The molecule has 0 aromatic heterocycles. The van der Waals surface area contributed by atoms with Crippen LogP contribution in [0.15, 0.2) is 30.3 Å². The molecule has 0 radical (unpaired) electrons. The lowest BCUT2D eigenvalue weighted by atomic mass is 9.87. The third kappa shape index (κ3) is 1.80. The van der Waals surface area contributed by atoms with Crippen LogP contribution in [0.1, 0.15) is 42.5 Å². The van der Waals surface area contributed by atoms with Crippen LogP contribution in [0.25, 0.3) is 10.8 Å². The molecule has 2 unspecified atom stereocenters. The maximum Gasteiger partial charge on any atom is 0.0352 e. The highest BCUT2D eigenvalue weighted by atomic mass is 14.9. The molecule has 0 spiro atoms. The second kappa shape index (κ2) is 4.60. The summed E-state index contributed by atoms with van der Waals surface area (Å²) in [6.45, 7) is 2.42. The molecule has 0 saturated heterocycles. The van der Waals surface area contributed by atoms with Gasteiger partial charge >= 0.3 is 0 Å². The molecule has 0 heterocycles. The Morgan fingerprint density at radius 2 is 1.80 bits per heavy atom. The van der Waals surface area contributed by atoms with Gasteiger partial charge in [0.05, 0.1) is 0 Å². The van der Waals surface area contributed by atoms with Gasteiger partial charge in [0.1, 0.15) is 0 Å². The van der Waals surface area contributed by atoms with Crippen molar-refractivity contribution < 1.29 is 0 Å². The average molecular weight is 265 g/mol. The van der Waals surface area contributed by atoms with Gasteiger partial charge in [-0.1, -0.05) is 37.3 Å². The Hall–Kier alpha value is -1.34. The van der Waals surface area contributed by atoms with E-state index >= 15 is 0 Å². The van der Waals surface area contributed by atoms with E-state index in [2.05, 4.69) is 49.6 Å². The van der Waals surface area contributed by atoms with Crippen LogP contribution in [0.5, 0.6) is 0 Å². The van der Waals surface area contributed by atoms with Crippen molar-refractivity contribution in [2.45, 2.75) is 38.6 Å². The van der Waals surface area contributed by atoms with Gasteiger partial charge in [-0.25, -0.2) is 0 Å². The monoisotopic (exact) mass is 265 g/mol. The largest absolute Gasteiger partial charge is 0.313 e. The first-order chi connectivity index (χ1) is 9.79. The zero-order chi connectivity index (χ0) is 13.7. The van der Waals surface area contributed by atoms with Crippen LogP contribution in [-0.4, -0.2) is 7.05 Å². The molecule has 0 aliphatic heterocycles. The van der Waals surface area contributed by atoms with E-state index in [9.17, 15) is 0 Å². The zero-order valence-corrected chi connectivity index (χ0v) is 12.4. The number of hydrogen-bond donors (Lipinski definition) is 1. The molecule has 2 aliphatic rings. The van der Waals surface area contributed by atoms with E-state index in [1.165, 1.54) is 36.6 Å². The highest BCUT2D eigenvalue weighted by Crippen LogP contribution is 2.44. The number of benzene rings is 2. The van der Waals surface area contributed by atoms with Crippen molar-refractivity contribution >= 4 is 10.8 Å². The van der Waals surface area contributed by atoms with E-state index in [4.69, 9.17) is 0 Å². The summed E-state index contributed by atoms with van der Waals surface area (Å²) in [7, 11) is 2.12. The fraction of sp³-hybridized carbons (Fsp3) is 0.474. The van der Waals surface area contributed by atoms with E-state index in [-0.39, 0.29) is 0 Å². The maximum atomic E-state index is 3.59. The van der Waals surface area contributed by atoms with Crippen molar-refractivity contribution in [1.29, 1.82) is 0 Å². The molecule has 0 bridgehead atoms. The minimum atomic E-state index is 0.493. The van der Waals surface area contributed by atoms with Crippen LogP contribution in [0.4, 0.5) is 0 Å². The molecule has 1 saturated carbocycles. The van der Waals surface area contributed by atoms with Gasteiger partial charge in [0, 0.05) is 6.04 Å². The SMILES string of the molecule is CNC(c1ccc2c3c(cccc13)CC2)C(C)C1CC1. The fourth-order valence-corrected chi connectivity index (χ4v) is 4.14. The normalized spacial score (nSPS) is 20.3. The summed E-state index contributed by atoms with van der Waals surface area (Å²) >= 11 is 0. The highest BCUT2D eigenvalue weighted by molar-refractivity contribution is 5.93. The summed E-state index contributed by atoms with van der Waals surface area (Å²) < 4.78 is 0. The lowest BCUT2D eigenvalue weighted by molar-refractivity contribution is 0.371. The van der Waals surface area contributed by atoms with Crippen LogP contribution < -0.4 is 5.32 Å². The van der Waals surface area contributed by atoms with E-state index < -0.39 is 0 Å². The van der Waals surface area contributed by atoms with E-state index in [0.29, 0.717) is 6.04 Å². The molecule has 20 heavy (non-hydrogen) atoms. The molecule has 2 aromatic carbocycles. The molecule has 2 aliphatic carbocycles. The highest BCUT2D eigenvalue weighted by Gasteiger charge is 2.34. The van der Waals surface area contributed by atoms with E-state index in [1.807, 2.05) is 0 Å². The lowest BCUT2D eigenvalue weighted by Crippen LogP contribution is -2.25. The van der Waals surface area contributed by atoms with Crippen LogP contribution in [0.3, 0.4) is 0 Å². The maximum absolute atomic E-state index is 3.59. The molecule has 2 aromatic rings. The fourth-order valence-electron chi connectivity index (χ4n) is 4.14. The molecule has 1 fully saturated rings. The van der Waals surface area contributed by atoms with Crippen molar-refractivity contribution in [2.75, 3.05) is 7.05 Å². The second-order valence-corrected chi connectivity index (χ2v) is 6.62. The van der Waals surface area contributed by atoms with Crippen LogP contribution in [0.2, 0.25) is 0 Å². The predicted octanol–water partition coefficient (Wildman–Crippen LogP) is 4.25. The Balaban J connectivity index is 1.87. The summed E-state index contributed by atoms with van der Waals surface area (Å²) in [5.41, 5.74) is 4.61. The third-order valence-corrected chi connectivity index (χ3v) is 5.45. The Morgan fingerprint density at radius 3 is 2.50 bits per heavy atom. The molecule has 1 nitrogen and oxygen atoms in total. The molecular formula is C19H23N. The molecule has 104 valence electrons. The average Bonchev–Trinajstić information content (AvgIpc) is 3.24. The predicted molar refractivity (Wildman–Crippen MR) is 85.0 cm³/mol. The van der Waals surface area contributed by atoms with Gasteiger partial charge < -0.3 is 5.32 Å². The minimum Gasteiger partial charge on any atom is -0.313 e. The van der Waals surface area contributed by atoms with Crippen molar-refractivity contribution in [3.63, 3.8) is 0 Å². The van der Waals surface area contributed by atoms with Gasteiger partial charge in [-0.3, -0.25) is 0 Å². The number of hydrogen-bond acceptors (Lipinski definition) is 1. The quantitative estimate of drug-likeness (QED) is 0.871. The van der Waals surface area contributed by atoms with Gasteiger partial charge in [-0.15, -0.1) is 0 Å². The summed E-state index contributed by atoms with van der Waals surface area (Å²) in [5, 5.41) is 6.63. The van der Waals surface area contributed by atoms with Crippen LogP contribution in [0, 0.1) is 11.8 Å². The first-order valence-corrected chi connectivity index (χ1v) is 8.00. The van der Waals surface area contributed by atoms with Crippen molar-refractivity contribution in [2.24, 2.45) is 11.8 Å². The Labute approximate surface area is 121 Å². The smallest absolute Gasteiger partial charge is 0.0352 e. The van der Waals surface area contributed by atoms with Crippen LogP contribution in [-0.2, 0) is 12.8 Å².